The van der Waals surface area contributed by atoms with Gasteiger partial charge in [0.05, 0.1) is 0 Å². The Balaban J connectivity index is 3.46. The number of rotatable bonds is 0. The van der Waals surface area contributed by atoms with Crippen molar-refractivity contribution in [3.05, 3.63) is 27.9 Å². The minimum absolute atomic E-state index is 0.0652. The van der Waals surface area contributed by atoms with Gasteiger partial charge in [0.1, 0.15) is 0 Å². The zero-order valence-electron chi connectivity index (χ0n) is 7.01. The maximum Gasteiger partial charge on any atom is 0.449 e. The van der Waals surface area contributed by atoms with Crippen LogP contribution in [0, 0.1) is 6.92 Å². The predicted molar refractivity (Wildman–Crippen MR) is 39.2 cm³/mol. The Morgan fingerprint density at radius 2 is 2.00 bits per heavy atom. The molecule has 0 fully saturated rings. The molecule has 3 nitrogen and oxygen atoms in total. The summed E-state index contributed by atoms with van der Waals surface area (Å²) >= 11 is 0. The lowest BCUT2D eigenvalue weighted by atomic mass is 10.4. The Labute approximate surface area is 71.8 Å². The first-order valence-corrected chi connectivity index (χ1v) is 3.44. The number of hydrogen-bond acceptors (Lipinski definition) is 2. The summed E-state index contributed by atoms with van der Waals surface area (Å²) in [6.07, 6.45) is -4.58. The minimum Gasteiger partial charge on any atom is -0.292 e. The number of hydrogen-bond donors (Lipinski definition) is 0. The Bertz CT molecular complexity index is 380. The van der Waals surface area contributed by atoms with Crippen molar-refractivity contribution >= 4 is 0 Å². The van der Waals surface area contributed by atoms with Crippen molar-refractivity contribution in [3.8, 4) is 0 Å². The first kappa shape index (κ1) is 9.76. The van der Waals surface area contributed by atoms with E-state index >= 15 is 0 Å². The third-order valence-electron chi connectivity index (χ3n) is 1.52. The van der Waals surface area contributed by atoms with E-state index in [9.17, 15) is 18.0 Å². The Hall–Kier alpha value is -1.33. The molecule has 1 rings (SSSR count). The number of aromatic nitrogens is 2. The lowest BCUT2D eigenvalue weighted by Crippen LogP contribution is -2.27. The van der Waals surface area contributed by atoms with Crippen molar-refractivity contribution in [1.82, 2.24) is 9.55 Å². The van der Waals surface area contributed by atoms with Crippen LogP contribution >= 0.6 is 0 Å². The highest BCUT2D eigenvalue weighted by atomic mass is 19.4. The molecule has 1 aromatic rings. The van der Waals surface area contributed by atoms with Crippen molar-refractivity contribution in [3.63, 3.8) is 0 Å². The molecule has 0 aromatic carbocycles. The van der Waals surface area contributed by atoms with Crippen LogP contribution in [0.2, 0.25) is 0 Å². The Morgan fingerprint density at radius 1 is 1.46 bits per heavy atom. The maximum atomic E-state index is 12.2. The van der Waals surface area contributed by atoms with Crippen molar-refractivity contribution in [1.29, 1.82) is 0 Å². The van der Waals surface area contributed by atoms with Crippen LogP contribution in [-0.4, -0.2) is 9.55 Å². The number of nitrogens with zero attached hydrogens (tertiary/aromatic N) is 2. The molecule has 0 N–H and O–H groups in total. The molecule has 13 heavy (non-hydrogen) atoms. The number of halogens is 3. The van der Waals surface area contributed by atoms with Gasteiger partial charge in [0.2, 0.25) is 5.82 Å². The third-order valence-corrected chi connectivity index (χ3v) is 1.52. The van der Waals surface area contributed by atoms with E-state index in [1.165, 1.54) is 6.92 Å². The predicted octanol–water partition coefficient (Wildman–Crippen LogP) is 1.11. The molecule has 1 aromatic heterocycles. The molecule has 0 saturated heterocycles. The number of aryl methyl sites for hydroxylation is 1. The van der Waals surface area contributed by atoms with Crippen LogP contribution in [0.1, 0.15) is 11.5 Å². The molecule has 0 aliphatic rings. The van der Waals surface area contributed by atoms with E-state index in [0.717, 1.165) is 13.1 Å². The van der Waals surface area contributed by atoms with E-state index in [1.807, 2.05) is 0 Å². The van der Waals surface area contributed by atoms with Gasteiger partial charge in [0, 0.05) is 18.8 Å². The van der Waals surface area contributed by atoms with Gasteiger partial charge in [-0.1, -0.05) is 0 Å². The molecule has 1 heterocycles. The van der Waals surface area contributed by atoms with Crippen molar-refractivity contribution in [2.24, 2.45) is 7.05 Å². The summed E-state index contributed by atoms with van der Waals surface area (Å²) < 4.78 is 37.0. The van der Waals surface area contributed by atoms with Gasteiger partial charge >= 0.3 is 6.18 Å². The van der Waals surface area contributed by atoms with Gasteiger partial charge in [-0.25, -0.2) is 4.98 Å². The highest BCUT2D eigenvalue weighted by Gasteiger charge is 2.35. The van der Waals surface area contributed by atoms with Crippen molar-refractivity contribution < 1.29 is 13.2 Å². The fourth-order valence-electron chi connectivity index (χ4n) is 0.908. The maximum absolute atomic E-state index is 12.2. The SMILES string of the molecule is Cc1cc(=O)n(C)c(C(F)(F)F)n1. The molecule has 0 spiro atoms. The fraction of sp³-hybridized carbons (Fsp3) is 0.429. The molecule has 6 heteroatoms. The molecule has 0 amide bonds. The molecule has 0 radical (unpaired) electrons. The zero-order chi connectivity index (χ0) is 10.2. The summed E-state index contributed by atoms with van der Waals surface area (Å²) in [5.74, 6) is -1.17. The van der Waals surface area contributed by atoms with Crippen molar-refractivity contribution in [2.45, 2.75) is 13.1 Å². The molecule has 0 aliphatic carbocycles. The van der Waals surface area contributed by atoms with E-state index < -0.39 is 17.6 Å². The molecule has 0 unspecified atom stereocenters. The Kier molecular flexibility index (Phi) is 2.15. The lowest BCUT2D eigenvalue weighted by molar-refractivity contribution is -0.147. The second-order valence-corrected chi connectivity index (χ2v) is 2.62. The first-order chi connectivity index (χ1) is 5.82. The summed E-state index contributed by atoms with van der Waals surface area (Å²) in [6.45, 7) is 1.34. The molecule has 0 bridgehead atoms. The average Bonchev–Trinajstić information content (AvgIpc) is 1.94. The molecule has 0 aliphatic heterocycles. The van der Waals surface area contributed by atoms with E-state index in [-0.39, 0.29) is 5.69 Å². The molecular weight excluding hydrogens is 185 g/mol. The first-order valence-electron chi connectivity index (χ1n) is 3.44. The van der Waals surface area contributed by atoms with Gasteiger partial charge in [-0.15, -0.1) is 0 Å². The van der Waals surface area contributed by atoms with Crippen molar-refractivity contribution in [2.75, 3.05) is 0 Å². The second kappa shape index (κ2) is 2.86. The van der Waals surface area contributed by atoms with Gasteiger partial charge in [0.15, 0.2) is 0 Å². The Morgan fingerprint density at radius 3 is 2.46 bits per heavy atom. The molecular formula is C7H7F3N2O. The average molecular weight is 192 g/mol. The van der Waals surface area contributed by atoms with E-state index in [4.69, 9.17) is 0 Å². The monoisotopic (exact) mass is 192 g/mol. The van der Waals surface area contributed by atoms with Gasteiger partial charge in [-0.3, -0.25) is 9.36 Å². The highest BCUT2D eigenvalue weighted by Crippen LogP contribution is 2.26. The summed E-state index contributed by atoms with van der Waals surface area (Å²) in [5, 5.41) is 0. The standard InChI is InChI=1S/C7H7F3N2O/c1-4-3-5(13)12(2)6(11-4)7(8,9)10/h3H,1-2H3. The number of alkyl halides is 3. The van der Waals surface area contributed by atoms with Crippen LogP contribution < -0.4 is 5.56 Å². The summed E-state index contributed by atoms with van der Waals surface area (Å²) in [5.41, 5.74) is -0.643. The van der Waals surface area contributed by atoms with Crippen LogP contribution in [0.4, 0.5) is 13.2 Å². The van der Waals surface area contributed by atoms with Crippen LogP contribution in [0.25, 0.3) is 0 Å². The largest absolute Gasteiger partial charge is 0.449 e. The fourth-order valence-corrected chi connectivity index (χ4v) is 0.908. The molecule has 0 saturated carbocycles. The minimum atomic E-state index is -4.58. The topological polar surface area (TPSA) is 34.9 Å². The summed E-state index contributed by atoms with van der Waals surface area (Å²) in [6, 6.07) is 1.05. The second-order valence-electron chi connectivity index (χ2n) is 2.62. The van der Waals surface area contributed by atoms with Crippen LogP contribution in [0.5, 0.6) is 0 Å². The smallest absolute Gasteiger partial charge is 0.292 e. The molecule has 0 atom stereocenters. The van der Waals surface area contributed by atoms with Gasteiger partial charge in [0.25, 0.3) is 5.56 Å². The quantitative estimate of drug-likeness (QED) is 0.617. The summed E-state index contributed by atoms with van der Waals surface area (Å²) in [7, 11) is 1.04. The van der Waals surface area contributed by atoms with Gasteiger partial charge in [-0.05, 0) is 6.92 Å². The van der Waals surface area contributed by atoms with E-state index in [0.29, 0.717) is 4.57 Å². The van der Waals surface area contributed by atoms with Gasteiger partial charge in [-0.2, -0.15) is 13.2 Å². The normalized spacial score (nSPS) is 11.8. The van der Waals surface area contributed by atoms with Gasteiger partial charge < -0.3 is 0 Å². The third kappa shape index (κ3) is 1.88. The lowest BCUT2D eigenvalue weighted by Gasteiger charge is -2.10. The van der Waals surface area contributed by atoms with E-state index in [1.54, 1.807) is 0 Å². The summed E-state index contributed by atoms with van der Waals surface area (Å²) in [4.78, 5) is 14.2. The van der Waals surface area contributed by atoms with Crippen LogP contribution in [0.3, 0.4) is 0 Å². The van der Waals surface area contributed by atoms with Crippen LogP contribution in [-0.2, 0) is 13.2 Å². The highest BCUT2D eigenvalue weighted by molar-refractivity contribution is 5.04. The van der Waals surface area contributed by atoms with Crippen LogP contribution in [0.15, 0.2) is 10.9 Å². The molecule has 72 valence electrons. The van der Waals surface area contributed by atoms with E-state index in [2.05, 4.69) is 4.98 Å². The zero-order valence-corrected chi connectivity index (χ0v) is 7.01.